The van der Waals surface area contributed by atoms with E-state index in [4.69, 9.17) is 4.74 Å². The van der Waals surface area contributed by atoms with E-state index in [0.717, 1.165) is 6.61 Å². The van der Waals surface area contributed by atoms with E-state index in [2.05, 4.69) is 6.92 Å². The molecular formula is C6H15NO. The number of ether oxygens (including phenoxy) is 1. The molecule has 0 amide bonds. The van der Waals surface area contributed by atoms with Crippen LogP contribution >= 0.6 is 0 Å². The molecule has 50 valence electrons. The molecule has 3 N–H and O–H groups in total. The Kier molecular flexibility index (Phi) is 3.83. The van der Waals surface area contributed by atoms with E-state index in [1.165, 1.54) is 19.3 Å². The summed E-state index contributed by atoms with van der Waals surface area (Å²) in [5.74, 6) is 0. The first kappa shape index (κ1) is 7.92. The van der Waals surface area contributed by atoms with Gasteiger partial charge in [0.25, 0.3) is 0 Å². The highest BCUT2D eigenvalue weighted by Crippen LogP contribution is 2.13. The van der Waals surface area contributed by atoms with Gasteiger partial charge in [-0.15, -0.1) is 0 Å². The number of rotatable bonds is 1. The van der Waals surface area contributed by atoms with Crippen LogP contribution in [0.1, 0.15) is 26.2 Å². The largest absolute Gasteiger partial charge is 0.378 e. The van der Waals surface area contributed by atoms with Crippen molar-refractivity contribution in [2.24, 2.45) is 0 Å². The Hall–Kier alpha value is -0.0800. The molecule has 0 spiro atoms. The lowest BCUT2D eigenvalue weighted by Gasteiger charge is -2.01. The molecule has 1 unspecified atom stereocenters. The van der Waals surface area contributed by atoms with Gasteiger partial charge in [-0.25, -0.2) is 0 Å². The van der Waals surface area contributed by atoms with E-state index in [0.29, 0.717) is 6.10 Å². The van der Waals surface area contributed by atoms with Crippen LogP contribution in [0.2, 0.25) is 0 Å². The van der Waals surface area contributed by atoms with E-state index in [-0.39, 0.29) is 6.15 Å². The predicted molar refractivity (Wildman–Crippen MR) is 34.3 cm³/mol. The first-order chi connectivity index (χ1) is 3.43. The Balaban J connectivity index is 0.000000490. The monoisotopic (exact) mass is 117 g/mol. The maximum absolute atomic E-state index is 5.30. The molecule has 1 heterocycles. The molecule has 0 aromatic carbocycles. The van der Waals surface area contributed by atoms with E-state index in [1.807, 2.05) is 0 Å². The normalized spacial score (nSPS) is 27.4. The van der Waals surface area contributed by atoms with Crippen molar-refractivity contribution in [1.82, 2.24) is 6.15 Å². The standard InChI is InChI=1S/C6H12O.H3N/c1-2-6-4-3-5-7-6;/h6H,2-5H2,1H3;1H3. The average Bonchev–Trinajstić information content (AvgIpc) is 2.14. The maximum atomic E-state index is 5.30. The van der Waals surface area contributed by atoms with Crippen LogP contribution in [0.15, 0.2) is 0 Å². The number of hydrogen-bond donors (Lipinski definition) is 1. The third-order valence-corrected chi connectivity index (χ3v) is 1.48. The van der Waals surface area contributed by atoms with Crippen LogP contribution < -0.4 is 6.15 Å². The summed E-state index contributed by atoms with van der Waals surface area (Å²) in [5, 5.41) is 0. The Morgan fingerprint density at radius 2 is 2.38 bits per heavy atom. The van der Waals surface area contributed by atoms with Crippen molar-refractivity contribution < 1.29 is 4.74 Å². The van der Waals surface area contributed by atoms with Gasteiger partial charge in [-0.05, 0) is 19.3 Å². The fourth-order valence-electron chi connectivity index (χ4n) is 0.966. The molecule has 1 aliphatic heterocycles. The van der Waals surface area contributed by atoms with E-state index in [9.17, 15) is 0 Å². The quantitative estimate of drug-likeness (QED) is 0.568. The van der Waals surface area contributed by atoms with Gasteiger partial charge >= 0.3 is 0 Å². The van der Waals surface area contributed by atoms with Crippen molar-refractivity contribution in [1.29, 1.82) is 0 Å². The number of hydrogen-bond acceptors (Lipinski definition) is 2. The zero-order chi connectivity index (χ0) is 5.11. The first-order valence-electron chi connectivity index (χ1n) is 3.05. The molecular weight excluding hydrogens is 102 g/mol. The van der Waals surface area contributed by atoms with E-state index >= 15 is 0 Å². The molecule has 0 bridgehead atoms. The highest BCUT2D eigenvalue weighted by molar-refractivity contribution is 4.60. The molecule has 2 heteroatoms. The van der Waals surface area contributed by atoms with Gasteiger partial charge in [0.15, 0.2) is 0 Å². The molecule has 0 radical (unpaired) electrons. The van der Waals surface area contributed by atoms with Crippen LogP contribution in [0.3, 0.4) is 0 Å². The Bertz CT molecular complexity index is 50.5. The topological polar surface area (TPSA) is 44.2 Å². The van der Waals surface area contributed by atoms with Crippen LogP contribution in [0.5, 0.6) is 0 Å². The lowest BCUT2D eigenvalue weighted by atomic mass is 10.2. The van der Waals surface area contributed by atoms with Gasteiger partial charge in [-0.3, -0.25) is 0 Å². The second kappa shape index (κ2) is 3.87. The summed E-state index contributed by atoms with van der Waals surface area (Å²) in [5.41, 5.74) is 0. The lowest BCUT2D eigenvalue weighted by Crippen LogP contribution is -2.00. The summed E-state index contributed by atoms with van der Waals surface area (Å²) in [6.07, 6.45) is 4.36. The Morgan fingerprint density at radius 3 is 2.62 bits per heavy atom. The fourth-order valence-corrected chi connectivity index (χ4v) is 0.966. The summed E-state index contributed by atoms with van der Waals surface area (Å²) in [6.45, 7) is 3.18. The van der Waals surface area contributed by atoms with Crippen LogP contribution in [-0.2, 0) is 4.74 Å². The van der Waals surface area contributed by atoms with Crippen molar-refractivity contribution in [3.63, 3.8) is 0 Å². The molecule has 1 rings (SSSR count). The van der Waals surface area contributed by atoms with Crippen molar-refractivity contribution in [3.8, 4) is 0 Å². The first-order valence-corrected chi connectivity index (χ1v) is 3.05. The van der Waals surface area contributed by atoms with Crippen molar-refractivity contribution in [2.45, 2.75) is 32.3 Å². The average molecular weight is 117 g/mol. The van der Waals surface area contributed by atoms with E-state index in [1.54, 1.807) is 0 Å². The highest BCUT2D eigenvalue weighted by atomic mass is 16.5. The molecule has 0 aromatic heterocycles. The zero-order valence-corrected chi connectivity index (χ0v) is 5.52. The zero-order valence-electron chi connectivity index (χ0n) is 5.52. The van der Waals surface area contributed by atoms with Crippen molar-refractivity contribution >= 4 is 0 Å². The molecule has 8 heavy (non-hydrogen) atoms. The van der Waals surface area contributed by atoms with Gasteiger partial charge in [-0.2, -0.15) is 0 Å². The van der Waals surface area contributed by atoms with Gasteiger partial charge in [0.05, 0.1) is 6.10 Å². The molecule has 1 fully saturated rings. The summed E-state index contributed by atoms with van der Waals surface area (Å²) >= 11 is 0. The SMILES string of the molecule is CCC1CCCO1.N. The van der Waals surface area contributed by atoms with Gasteiger partial charge in [0, 0.05) is 6.61 Å². The molecule has 0 aromatic rings. The predicted octanol–water partition coefficient (Wildman–Crippen LogP) is 1.74. The van der Waals surface area contributed by atoms with Crippen LogP contribution in [0.25, 0.3) is 0 Å². The molecule has 1 atom stereocenters. The molecule has 1 saturated heterocycles. The second-order valence-electron chi connectivity index (χ2n) is 2.04. The lowest BCUT2D eigenvalue weighted by molar-refractivity contribution is 0.108. The van der Waals surface area contributed by atoms with Gasteiger partial charge in [-0.1, -0.05) is 6.92 Å². The maximum Gasteiger partial charge on any atom is 0.0573 e. The third-order valence-electron chi connectivity index (χ3n) is 1.48. The van der Waals surface area contributed by atoms with Gasteiger partial charge in [0.1, 0.15) is 0 Å². The van der Waals surface area contributed by atoms with Crippen molar-refractivity contribution in [3.05, 3.63) is 0 Å². The highest BCUT2D eigenvalue weighted by Gasteiger charge is 2.11. The molecule has 0 aliphatic carbocycles. The second-order valence-corrected chi connectivity index (χ2v) is 2.04. The smallest absolute Gasteiger partial charge is 0.0573 e. The van der Waals surface area contributed by atoms with Gasteiger partial charge < -0.3 is 10.9 Å². The minimum absolute atomic E-state index is 0. The molecule has 2 nitrogen and oxygen atoms in total. The summed E-state index contributed by atoms with van der Waals surface area (Å²) in [4.78, 5) is 0. The molecule has 0 saturated carbocycles. The van der Waals surface area contributed by atoms with Crippen LogP contribution in [-0.4, -0.2) is 12.7 Å². The Labute approximate surface area is 50.8 Å². The molecule has 1 aliphatic rings. The van der Waals surface area contributed by atoms with E-state index < -0.39 is 0 Å². The fraction of sp³-hybridized carbons (Fsp3) is 1.00. The summed E-state index contributed by atoms with van der Waals surface area (Å²) < 4.78 is 5.30. The third kappa shape index (κ3) is 1.80. The summed E-state index contributed by atoms with van der Waals surface area (Å²) in [7, 11) is 0. The minimum Gasteiger partial charge on any atom is -0.378 e. The minimum atomic E-state index is 0. The van der Waals surface area contributed by atoms with Crippen LogP contribution in [0, 0.1) is 0 Å². The van der Waals surface area contributed by atoms with Crippen LogP contribution in [0.4, 0.5) is 0 Å². The van der Waals surface area contributed by atoms with Gasteiger partial charge in [0.2, 0.25) is 0 Å². The van der Waals surface area contributed by atoms with Crippen molar-refractivity contribution in [2.75, 3.05) is 6.61 Å². The summed E-state index contributed by atoms with van der Waals surface area (Å²) in [6, 6.07) is 0. The Morgan fingerprint density at radius 1 is 1.62 bits per heavy atom.